The van der Waals surface area contributed by atoms with E-state index in [4.69, 9.17) is 4.74 Å². The molecule has 0 spiro atoms. The van der Waals surface area contributed by atoms with Crippen molar-refractivity contribution >= 4 is 17.5 Å². The summed E-state index contributed by atoms with van der Waals surface area (Å²) in [5, 5.41) is 10.4. The number of aromatic amines is 2. The molecule has 0 unspecified atom stereocenters. The van der Waals surface area contributed by atoms with Crippen LogP contribution in [0.25, 0.3) is 17.2 Å². The molecule has 2 N–H and O–H groups in total. The van der Waals surface area contributed by atoms with Gasteiger partial charge in [0.15, 0.2) is 5.82 Å². The fraction of sp³-hybridized carbons (Fsp3) is 0.133. The zero-order chi connectivity index (χ0) is 17.2. The molecule has 1 aromatic carbocycles. The first kappa shape index (κ1) is 15.4. The lowest BCUT2D eigenvalue weighted by Gasteiger charge is -2.00. The summed E-state index contributed by atoms with van der Waals surface area (Å²) in [6.45, 7) is 0. The number of methoxy groups -OCH3 is 1. The number of thioether (sulfide) groups is 1. The van der Waals surface area contributed by atoms with E-state index < -0.39 is 0 Å². The number of nitrogens with zero attached hydrogens (tertiary/aromatic N) is 5. The first-order valence-electron chi connectivity index (χ1n) is 7.34. The number of nitrogens with one attached hydrogen (secondary N) is 2. The van der Waals surface area contributed by atoms with Crippen molar-refractivity contribution in [1.29, 1.82) is 0 Å². The zero-order valence-electron chi connectivity index (χ0n) is 13.1. The maximum atomic E-state index is 11.9. The van der Waals surface area contributed by atoms with Crippen LogP contribution in [-0.2, 0) is 5.75 Å². The molecule has 25 heavy (non-hydrogen) atoms. The van der Waals surface area contributed by atoms with Gasteiger partial charge >= 0.3 is 0 Å². The second-order valence-corrected chi connectivity index (χ2v) is 6.04. The molecule has 4 rings (SSSR count). The number of ether oxygens (including phenoxy) is 1. The summed E-state index contributed by atoms with van der Waals surface area (Å²) in [6.07, 6.45) is 1.43. The molecule has 9 nitrogen and oxygen atoms in total. The van der Waals surface area contributed by atoms with Gasteiger partial charge in [0.25, 0.3) is 11.3 Å². The van der Waals surface area contributed by atoms with E-state index in [9.17, 15) is 4.79 Å². The second kappa shape index (κ2) is 6.40. The highest BCUT2D eigenvalue weighted by molar-refractivity contribution is 7.98. The number of hydrogen-bond acceptors (Lipinski definition) is 7. The van der Waals surface area contributed by atoms with E-state index in [1.807, 2.05) is 24.3 Å². The summed E-state index contributed by atoms with van der Waals surface area (Å²) < 4.78 is 6.49. The van der Waals surface area contributed by atoms with Crippen LogP contribution in [0.4, 0.5) is 0 Å². The first-order chi connectivity index (χ1) is 12.2. The second-order valence-electron chi connectivity index (χ2n) is 5.10. The third-order valence-corrected chi connectivity index (χ3v) is 4.36. The average Bonchev–Trinajstić information content (AvgIpc) is 3.29. The molecule has 4 aromatic rings. The van der Waals surface area contributed by atoms with Crippen LogP contribution in [0.2, 0.25) is 0 Å². The minimum atomic E-state index is -0.204. The van der Waals surface area contributed by atoms with Crippen molar-refractivity contribution in [2.45, 2.75) is 10.9 Å². The van der Waals surface area contributed by atoms with Crippen LogP contribution < -0.4 is 10.3 Å². The zero-order valence-corrected chi connectivity index (χ0v) is 13.9. The molecule has 0 fully saturated rings. The normalized spacial score (nSPS) is 11.1. The predicted octanol–water partition coefficient (Wildman–Crippen LogP) is 1.50. The highest BCUT2D eigenvalue weighted by Gasteiger charge is 2.09. The van der Waals surface area contributed by atoms with Gasteiger partial charge in [-0.15, -0.1) is 5.10 Å². The van der Waals surface area contributed by atoms with Crippen molar-refractivity contribution in [1.82, 2.24) is 34.8 Å². The topological polar surface area (TPSA) is 114 Å². The molecular formula is C15H13N7O2S. The Hall–Kier alpha value is -3.14. The van der Waals surface area contributed by atoms with E-state index in [0.29, 0.717) is 28.2 Å². The smallest absolute Gasteiger partial charge is 0.274 e. The minimum Gasteiger partial charge on any atom is -0.497 e. The number of benzene rings is 1. The van der Waals surface area contributed by atoms with Gasteiger partial charge in [-0.05, 0) is 12.1 Å². The molecule has 0 amide bonds. The summed E-state index contributed by atoms with van der Waals surface area (Å²) in [4.78, 5) is 24.7. The van der Waals surface area contributed by atoms with Gasteiger partial charge in [0.2, 0.25) is 5.16 Å². The van der Waals surface area contributed by atoms with Gasteiger partial charge in [-0.2, -0.15) is 4.52 Å². The molecule has 0 bridgehead atoms. The van der Waals surface area contributed by atoms with Gasteiger partial charge in [0.05, 0.1) is 12.8 Å². The van der Waals surface area contributed by atoms with Gasteiger partial charge in [-0.25, -0.2) is 15.0 Å². The van der Waals surface area contributed by atoms with Crippen LogP contribution in [0.3, 0.4) is 0 Å². The molecule has 0 radical (unpaired) electrons. The fourth-order valence-electron chi connectivity index (χ4n) is 2.29. The number of hydrogen-bond donors (Lipinski definition) is 2. The Morgan fingerprint density at radius 2 is 2.20 bits per heavy atom. The Labute approximate surface area is 145 Å². The molecule has 10 heteroatoms. The van der Waals surface area contributed by atoms with Crippen LogP contribution in [0.5, 0.6) is 5.75 Å². The SMILES string of the molecule is COc1cccc(-c2nc(SCc3cc(=O)n4[nH]cnc4n3)n[nH]2)c1. The Morgan fingerprint density at radius 1 is 1.28 bits per heavy atom. The first-order valence-corrected chi connectivity index (χ1v) is 8.33. The Morgan fingerprint density at radius 3 is 3.08 bits per heavy atom. The number of rotatable bonds is 5. The van der Waals surface area contributed by atoms with Crippen LogP contribution >= 0.6 is 11.8 Å². The van der Waals surface area contributed by atoms with E-state index in [2.05, 4.69) is 30.2 Å². The van der Waals surface area contributed by atoms with Crippen LogP contribution in [0, 0.1) is 0 Å². The fourth-order valence-corrected chi connectivity index (χ4v) is 2.98. The molecule has 0 aliphatic carbocycles. The lowest BCUT2D eigenvalue weighted by Crippen LogP contribution is -2.15. The molecule has 3 aromatic heterocycles. The minimum absolute atomic E-state index is 0.204. The number of aromatic nitrogens is 7. The monoisotopic (exact) mass is 355 g/mol. The molecule has 0 aliphatic heterocycles. The number of H-pyrrole nitrogens is 2. The highest BCUT2D eigenvalue weighted by atomic mass is 32.2. The van der Waals surface area contributed by atoms with Crippen molar-refractivity contribution in [3.05, 3.63) is 52.7 Å². The summed E-state index contributed by atoms with van der Waals surface area (Å²) in [5.74, 6) is 2.21. The van der Waals surface area contributed by atoms with Crippen molar-refractivity contribution in [2.75, 3.05) is 7.11 Å². The van der Waals surface area contributed by atoms with Crippen molar-refractivity contribution < 1.29 is 4.74 Å². The molecule has 3 heterocycles. The van der Waals surface area contributed by atoms with Crippen LogP contribution in [0.1, 0.15) is 5.69 Å². The van der Waals surface area contributed by atoms with Gasteiger partial charge < -0.3 is 4.74 Å². The Kier molecular flexibility index (Phi) is 3.94. The quantitative estimate of drug-likeness (QED) is 0.521. The third-order valence-electron chi connectivity index (χ3n) is 3.48. The largest absolute Gasteiger partial charge is 0.497 e. The van der Waals surface area contributed by atoms with E-state index >= 15 is 0 Å². The molecular weight excluding hydrogens is 342 g/mol. The summed E-state index contributed by atoms with van der Waals surface area (Å²) in [6, 6.07) is 9.02. The molecule has 0 aliphatic rings. The van der Waals surface area contributed by atoms with Gasteiger partial charge in [-0.3, -0.25) is 15.0 Å². The van der Waals surface area contributed by atoms with Gasteiger partial charge in [0.1, 0.15) is 12.1 Å². The van der Waals surface area contributed by atoms with E-state index in [0.717, 1.165) is 11.3 Å². The average molecular weight is 355 g/mol. The molecule has 0 saturated heterocycles. The summed E-state index contributed by atoms with van der Waals surface area (Å²) >= 11 is 1.39. The Balaban J connectivity index is 1.51. The maximum Gasteiger partial charge on any atom is 0.274 e. The van der Waals surface area contributed by atoms with Gasteiger partial charge in [0, 0.05) is 17.4 Å². The van der Waals surface area contributed by atoms with Crippen molar-refractivity contribution in [2.24, 2.45) is 0 Å². The number of fused-ring (bicyclic) bond motifs is 1. The van der Waals surface area contributed by atoms with E-state index in [1.54, 1.807) is 7.11 Å². The van der Waals surface area contributed by atoms with Gasteiger partial charge in [-0.1, -0.05) is 23.9 Å². The molecule has 126 valence electrons. The van der Waals surface area contributed by atoms with E-state index in [1.165, 1.54) is 28.7 Å². The lowest BCUT2D eigenvalue weighted by molar-refractivity contribution is 0.415. The summed E-state index contributed by atoms with van der Waals surface area (Å²) in [7, 11) is 1.62. The van der Waals surface area contributed by atoms with Crippen molar-refractivity contribution in [3.8, 4) is 17.1 Å². The maximum absolute atomic E-state index is 11.9. The van der Waals surface area contributed by atoms with Crippen molar-refractivity contribution in [3.63, 3.8) is 0 Å². The highest BCUT2D eigenvalue weighted by Crippen LogP contribution is 2.24. The van der Waals surface area contributed by atoms with Crippen LogP contribution in [-0.4, -0.2) is 41.9 Å². The van der Waals surface area contributed by atoms with E-state index in [-0.39, 0.29) is 5.56 Å². The van der Waals surface area contributed by atoms with Crippen LogP contribution in [0.15, 0.2) is 46.6 Å². The summed E-state index contributed by atoms with van der Waals surface area (Å²) in [5.41, 5.74) is 1.30. The molecule has 0 saturated carbocycles. The third kappa shape index (κ3) is 3.11. The standard InChI is InChI=1S/C15H13N7O2S/c1-24-11-4-2-3-9(5-11)13-19-15(21-20-13)25-7-10-6-12(23)22-14(18-10)16-8-17-22/h2-6,8H,7H2,1H3,(H,16,17,18)(H,19,20,21). The Bertz CT molecular complexity index is 1080. The lowest BCUT2D eigenvalue weighted by atomic mass is 10.2. The predicted molar refractivity (Wildman–Crippen MR) is 91.5 cm³/mol. The molecule has 0 atom stereocenters.